The van der Waals surface area contributed by atoms with E-state index in [1.807, 2.05) is 47.7 Å². The van der Waals surface area contributed by atoms with E-state index in [4.69, 9.17) is 0 Å². The first-order valence-corrected chi connectivity index (χ1v) is 4.88. The molecule has 0 radical (unpaired) electrons. The predicted molar refractivity (Wildman–Crippen MR) is 55.8 cm³/mol. The third-order valence-electron chi connectivity index (χ3n) is 0.691. The number of rotatable bonds is 0. The predicted octanol–water partition coefficient (Wildman–Crippen LogP) is 3.57. The maximum absolute atomic E-state index is 3.04. The molecule has 0 aromatic heterocycles. The van der Waals surface area contributed by atoms with Gasteiger partial charge in [-0.2, -0.15) is 0 Å². The van der Waals surface area contributed by atoms with Gasteiger partial charge in [0.25, 0.3) is 0 Å². The molecule has 11 heavy (non-hydrogen) atoms. The minimum Gasteiger partial charge on any atom is -0.391 e. The maximum atomic E-state index is 3.04. The lowest BCUT2D eigenvalue weighted by Gasteiger charge is -1.78. The van der Waals surface area contributed by atoms with Crippen LogP contribution >= 0.6 is 0 Å². The Morgan fingerprint density at radius 1 is 0.909 bits per heavy atom. The smallest absolute Gasteiger partial charge is 0.0176 e. The molecular formula is C10H25N. The standard InChI is InChI=1S/C4H7N.3C2H6/c1-2-4-5-3-1;3*1-2/h1,3,5H,2,4H2;3*1-2H3. The van der Waals surface area contributed by atoms with Crippen LogP contribution in [-0.4, -0.2) is 6.54 Å². The second kappa shape index (κ2) is 33.8. The quantitative estimate of drug-likeness (QED) is 0.569. The molecule has 1 N–H and O–H groups in total. The van der Waals surface area contributed by atoms with Crippen LogP contribution in [0.5, 0.6) is 0 Å². The van der Waals surface area contributed by atoms with Gasteiger partial charge in [0, 0.05) is 6.54 Å². The summed E-state index contributed by atoms with van der Waals surface area (Å²) in [5.41, 5.74) is 0. The lowest BCUT2D eigenvalue weighted by atomic mass is 10.5. The molecule has 1 aliphatic rings. The molecule has 0 unspecified atom stereocenters. The lowest BCUT2D eigenvalue weighted by Crippen LogP contribution is -1.96. The molecule has 0 amide bonds. The van der Waals surface area contributed by atoms with Gasteiger partial charge in [-0.1, -0.05) is 47.6 Å². The Balaban J connectivity index is -0.0000000933. The summed E-state index contributed by atoms with van der Waals surface area (Å²) < 4.78 is 0. The van der Waals surface area contributed by atoms with Gasteiger partial charge in [0.05, 0.1) is 0 Å². The van der Waals surface area contributed by atoms with Crippen molar-refractivity contribution < 1.29 is 0 Å². The second-order valence-corrected chi connectivity index (χ2v) is 1.15. The second-order valence-electron chi connectivity index (χ2n) is 1.15. The van der Waals surface area contributed by atoms with Gasteiger partial charge >= 0.3 is 0 Å². The molecular weight excluding hydrogens is 134 g/mol. The van der Waals surface area contributed by atoms with Gasteiger partial charge in [0.15, 0.2) is 0 Å². The largest absolute Gasteiger partial charge is 0.391 e. The van der Waals surface area contributed by atoms with Crippen molar-refractivity contribution in [1.29, 1.82) is 0 Å². The summed E-state index contributed by atoms with van der Waals surface area (Å²) in [4.78, 5) is 0. The van der Waals surface area contributed by atoms with Crippen molar-refractivity contribution in [3.8, 4) is 0 Å². The van der Waals surface area contributed by atoms with E-state index in [1.54, 1.807) is 0 Å². The molecule has 0 atom stereocenters. The van der Waals surface area contributed by atoms with Gasteiger partial charge in [-0.05, 0) is 12.6 Å². The zero-order chi connectivity index (χ0) is 9.54. The summed E-state index contributed by atoms with van der Waals surface area (Å²) in [6, 6.07) is 0. The summed E-state index contributed by atoms with van der Waals surface area (Å²) in [5.74, 6) is 0. The molecule has 0 aromatic carbocycles. The molecule has 0 bridgehead atoms. The van der Waals surface area contributed by atoms with Gasteiger partial charge in [-0.15, -0.1) is 0 Å². The fourth-order valence-corrected chi connectivity index (χ4v) is 0.417. The maximum Gasteiger partial charge on any atom is 0.0176 e. The Morgan fingerprint density at radius 2 is 1.36 bits per heavy atom. The molecule has 0 saturated carbocycles. The molecule has 0 saturated heterocycles. The van der Waals surface area contributed by atoms with Crippen molar-refractivity contribution in [3.05, 3.63) is 12.3 Å². The van der Waals surface area contributed by atoms with Crippen LogP contribution in [0, 0.1) is 0 Å². The fourth-order valence-electron chi connectivity index (χ4n) is 0.417. The Kier molecular flexibility index (Phi) is 51.8. The van der Waals surface area contributed by atoms with Crippen LogP contribution < -0.4 is 5.32 Å². The van der Waals surface area contributed by atoms with Gasteiger partial charge < -0.3 is 5.32 Å². The third kappa shape index (κ3) is 26.3. The molecule has 0 spiro atoms. The first-order chi connectivity index (χ1) is 5.50. The van der Waals surface area contributed by atoms with Crippen LogP contribution in [0.4, 0.5) is 0 Å². The van der Waals surface area contributed by atoms with Crippen LogP contribution in [0.3, 0.4) is 0 Å². The van der Waals surface area contributed by atoms with E-state index in [-0.39, 0.29) is 0 Å². The molecule has 0 aliphatic carbocycles. The van der Waals surface area contributed by atoms with E-state index in [2.05, 4.69) is 11.4 Å². The van der Waals surface area contributed by atoms with E-state index in [0.717, 1.165) is 6.54 Å². The monoisotopic (exact) mass is 159 g/mol. The average Bonchev–Trinajstić information content (AvgIpc) is 2.71. The van der Waals surface area contributed by atoms with Crippen molar-refractivity contribution in [1.82, 2.24) is 5.32 Å². The third-order valence-corrected chi connectivity index (χ3v) is 0.691. The van der Waals surface area contributed by atoms with Crippen LogP contribution in [0.15, 0.2) is 12.3 Å². The van der Waals surface area contributed by atoms with E-state index in [1.165, 1.54) is 6.42 Å². The van der Waals surface area contributed by atoms with Crippen LogP contribution in [-0.2, 0) is 0 Å². The first-order valence-electron chi connectivity index (χ1n) is 4.88. The molecule has 1 nitrogen and oxygen atoms in total. The van der Waals surface area contributed by atoms with E-state index in [9.17, 15) is 0 Å². The van der Waals surface area contributed by atoms with Crippen LogP contribution in [0.25, 0.3) is 0 Å². The molecule has 70 valence electrons. The molecule has 1 aliphatic heterocycles. The highest BCUT2D eigenvalue weighted by atomic mass is 14.8. The zero-order valence-corrected chi connectivity index (χ0v) is 9.07. The number of nitrogens with one attached hydrogen (secondary N) is 1. The lowest BCUT2D eigenvalue weighted by molar-refractivity contribution is 0.917. The van der Waals surface area contributed by atoms with E-state index >= 15 is 0 Å². The van der Waals surface area contributed by atoms with Crippen molar-refractivity contribution in [2.45, 2.75) is 48.0 Å². The minimum atomic E-state index is 1.14. The summed E-state index contributed by atoms with van der Waals surface area (Å²) in [7, 11) is 0. The molecule has 0 aromatic rings. The zero-order valence-electron chi connectivity index (χ0n) is 9.07. The highest BCUT2D eigenvalue weighted by molar-refractivity contribution is 4.86. The minimum absolute atomic E-state index is 1.14. The topological polar surface area (TPSA) is 12.0 Å². The van der Waals surface area contributed by atoms with Crippen LogP contribution in [0.2, 0.25) is 0 Å². The Morgan fingerprint density at radius 3 is 1.45 bits per heavy atom. The van der Waals surface area contributed by atoms with Crippen molar-refractivity contribution >= 4 is 0 Å². The number of hydrogen-bond acceptors (Lipinski definition) is 1. The molecule has 1 rings (SSSR count). The summed E-state index contributed by atoms with van der Waals surface area (Å²) in [5, 5.41) is 3.04. The SMILES string of the molecule is C1=CNCC1.CC.CC.CC. The fraction of sp³-hybridized carbons (Fsp3) is 0.800. The van der Waals surface area contributed by atoms with E-state index < -0.39 is 0 Å². The Hall–Kier alpha value is -0.460. The van der Waals surface area contributed by atoms with Crippen LogP contribution in [0.1, 0.15) is 48.0 Å². The Labute approximate surface area is 72.9 Å². The van der Waals surface area contributed by atoms with Gasteiger partial charge in [0.2, 0.25) is 0 Å². The summed E-state index contributed by atoms with van der Waals surface area (Å²) in [6.45, 7) is 13.1. The Bertz CT molecular complexity index is 42.8. The van der Waals surface area contributed by atoms with Gasteiger partial charge in [-0.25, -0.2) is 0 Å². The van der Waals surface area contributed by atoms with Crippen molar-refractivity contribution in [2.24, 2.45) is 0 Å². The molecule has 1 heteroatoms. The van der Waals surface area contributed by atoms with Gasteiger partial charge in [-0.3, -0.25) is 0 Å². The van der Waals surface area contributed by atoms with Crippen molar-refractivity contribution in [2.75, 3.05) is 6.54 Å². The highest BCUT2D eigenvalue weighted by Crippen LogP contribution is 1.84. The first kappa shape index (κ1) is 16.9. The average molecular weight is 159 g/mol. The summed E-state index contributed by atoms with van der Waals surface area (Å²) in [6.07, 6.45) is 5.32. The summed E-state index contributed by atoms with van der Waals surface area (Å²) >= 11 is 0. The van der Waals surface area contributed by atoms with Crippen molar-refractivity contribution in [3.63, 3.8) is 0 Å². The highest BCUT2D eigenvalue weighted by Gasteiger charge is 1.81. The molecule has 1 heterocycles. The van der Waals surface area contributed by atoms with Gasteiger partial charge in [0.1, 0.15) is 0 Å². The van der Waals surface area contributed by atoms with E-state index in [0.29, 0.717) is 0 Å². The number of hydrogen-bond donors (Lipinski definition) is 1. The molecule has 0 fully saturated rings. The normalized spacial score (nSPS) is 10.4.